The molecular formula is C14H18N4O3. The van der Waals surface area contributed by atoms with Crippen molar-refractivity contribution in [1.29, 1.82) is 0 Å². The standard InChI is InChI=1S/C14H18N4O3/c1-2-18-5-6-20-12(8-18)13-16-14(21-17-13)9-3-4-10(15)11(19)7-9/h3-4,7,12,19H,2,5-6,8,15H2,1H3. The summed E-state index contributed by atoms with van der Waals surface area (Å²) in [5.41, 5.74) is 6.52. The van der Waals surface area contributed by atoms with Crippen LogP contribution < -0.4 is 5.73 Å². The molecule has 7 nitrogen and oxygen atoms in total. The molecule has 0 aliphatic carbocycles. The Kier molecular flexibility index (Phi) is 3.76. The second-order valence-corrected chi connectivity index (χ2v) is 4.98. The predicted octanol–water partition coefficient (Wildman–Crippen LogP) is 1.42. The van der Waals surface area contributed by atoms with Crippen LogP contribution in [0, 0.1) is 0 Å². The topological polar surface area (TPSA) is 97.6 Å². The fourth-order valence-corrected chi connectivity index (χ4v) is 2.31. The minimum Gasteiger partial charge on any atom is -0.506 e. The van der Waals surface area contributed by atoms with Crippen molar-refractivity contribution < 1.29 is 14.4 Å². The molecule has 2 aromatic rings. The van der Waals surface area contributed by atoms with E-state index in [0.717, 1.165) is 19.6 Å². The van der Waals surface area contributed by atoms with Crippen LogP contribution in [0.25, 0.3) is 11.5 Å². The molecule has 3 N–H and O–H groups in total. The molecule has 0 amide bonds. The van der Waals surface area contributed by atoms with Crippen molar-refractivity contribution in [2.45, 2.75) is 13.0 Å². The van der Waals surface area contributed by atoms with Gasteiger partial charge in [-0.25, -0.2) is 0 Å². The zero-order chi connectivity index (χ0) is 14.8. The van der Waals surface area contributed by atoms with Crippen LogP contribution >= 0.6 is 0 Å². The first-order valence-electron chi connectivity index (χ1n) is 6.93. The van der Waals surface area contributed by atoms with Gasteiger partial charge in [0.2, 0.25) is 5.82 Å². The smallest absolute Gasteiger partial charge is 0.258 e. The van der Waals surface area contributed by atoms with Crippen LogP contribution in [0.2, 0.25) is 0 Å². The number of benzene rings is 1. The van der Waals surface area contributed by atoms with Crippen LogP contribution in [0.3, 0.4) is 0 Å². The zero-order valence-corrected chi connectivity index (χ0v) is 11.8. The molecule has 2 heterocycles. The van der Waals surface area contributed by atoms with Gasteiger partial charge in [-0.1, -0.05) is 12.1 Å². The van der Waals surface area contributed by atoms with Gasteiger partial charge in [0.1, 0.15) is 11.9 Å². The predicted molar refractivity (Wildman–Crippen MR) is 76.6 cm³/mol. The zero-order valence-electron chi connectivity index (χ0n) is 11.8. The van der Waals surface area contributed by atoms with Crippen molar-refractivity contribution in [3.63, 3.8) is 0 Å². The van der Waals surface area contributed by atoms with Crippen molar-refractivity contribution in [3.8, 4) is 17.2 Å². The number of likely N-dealkylation sites (N-methyl/N-ethyl adjacent to an activating group) is 1. The van der Waals surface area contributed by atoms with E-state index in [1.807, 2.05) is 0 Å². The third-order valence-electron chi connectivity index (χ3n) is 3.60. The highest BCUT2D eigenvalue weighted by Crippen LogP contribution is 2.28. The number of aromatic hydroxyl groups is 1. The molecule has 1 aliphatic heterocycles. The highest BCUT2D eigenvalue weighted by Gasteiger charge is 2.25. The average molecular weight is 290 g/mol. The van der Waals surface area contributed by atoms with Crippen LogP contribution in [0.1, 0.15) is 18.9 Å². The first-order chi connectivity index (χ1) is 10.2. The molecule has 0 spiro atoms. The van der Waals surface area contributed by atoms with Gasteiger partial charge in [-0.05, 0) is 24.7 Å². The van der Waals surface area contributed by atoms with E-state index in [9.17, 15) is 5.11 Å². The molecule has 3 rings (SSSR count). The van der Waals surface area contributed by atoms with Crippen molar-refractivity contribution in [1.82, 2.24) is 15.0 Å². The van der Waals surface area contributed by atoms with E-state index in [1.165, 1.54) is 6.07 Å². The Hall–Kier alpha value is -2.12. The Morgan fingerprint density at radius 2 is 2.33 bits per heavy atom. The molecule has 7 heteroatoms. The van der Waals surface area contributed by atoms with Gasteiger partial charge in [-0.3, -0.25) is 4.90 Å². The number of ether oxygens (including phenoxy) is 1. The third kappa shape index (κ3) is 2.84. The molecule has 1 atom stereocenters. The highest BCUT2D eigenvalue weighted by atomic mass is 16.5. The van der Waals surface area contributed by atoms with Gasteiger partial charge in [0, 0.05) is 18.7 Å². The summed E-state index contributed by atoms with van der Waals surface area (Å²) in [6.07, 6.45) is -0.182. The van der Waals surface area contributed by atoms with E-state index in [-0.39, 0.29) is 11.9 Å². The number of morpholine rings is 1. The monoisotopic (exact) mass is 290 g/mol. The molecule has 1 saturated heterocycles. The summed E-state index contributed by atoms with van der Waals surface area (Å²) in [5, 5.41) is 13.6. The van der Waals surface area contributed by atoms with Crippen molar-refractivity contribution in [3.05, 3.63) is 24.0 Å². The number of nitrogens with zero attached hydrogens (tertiary/aromatic N) is 3. The van der Waals surface area contributed by atoms with Gasteiger partial charge < -0.3 is 20.1 Å². The molecule has 0 saturated carbocycles. The van der Waals surface area contributed by atoms with E-state index >= 15 is 0 Å². The summed E-state index contributed by atoms with van der Waals surface area (Å²) < 4.78 is 10.9. The van der Waals surface area contributed by atoms with E-state index in [2.05, 4.69) is 22.0 Å². The average Bonchev–Trinajstić information content (AvgIpc) is 3.00. The Labute approximate surface area is 122 Å². The summed E-state index contributed by atoms with van der Waals surface area (Å²) in [7, 11) is 0. The molecule has 1 unspecified atom stereocenters. The van der Waals surface area contributed by atoms with Crippen LogP contribution in [0.4, 0.5) is 5.69 Å². The van der Waals surface area contributed by atoms with Gasteiger partial charge >= 0.3 is 0 Å². The molecule has 1 aliphatic rings. The van der Waals surface area contributed by atoms with Gasteiger partial charge in [-0.15, -0.1) is 0 Å². The quantitative estimate of drug-likeness (QED) is 0.651. The largest absolute Gasteiger partial charge is 0.506 e. The third-order valence-corrected chi connectivity index (χ3v) is 3.60. The van der Waals surface area contributed by atoms with Crippen molar-refractivity contribution in [2.24, 2.45) is 0 Å². The first-order valence-corrected chi connectivity index (χ1v) is 6.93. The number of phenols is 1. The van der Waals surface area contributed by atoms with E-state index in [0.29, 0.717) is 29.6 Å². The maximum absolute atomic E-state index is 9.64. The minimum absolute atomic E-state index is 0.00155. The lowest BCUT2D eigenvalue weighted by molar-refractivity contribution is -0.0334. The molecule has 0 bridgehead atoms. The Morgan fingerprint density at radius 1 is 1.48 bits per heavy atom. The van der Waals surface area contributed by atoms with E-state index < -0.39 is 0 Å². The summed E-state index contributed by atoms with van der Waals surface area (Å²) in [6, 6.07) is 4.84. The van der Waals surface area contributed by atoms with Crippen LogP contribution in [0.5, 0.6) is 5.75 Å². The minimum atomic E-state index is -0.182. The molecule has 1 aromatic carbocycles. The summed E-state index contributed by atoms with van der Waals surface area (Å²) in [6.45, 7) is 5.41. The number of phenolic OH excluding ortho intramolecular Hbond substituents is 1. The van der Waals surface area contributed by atoms with Crippen LogP contribution in [-0.4, -0.2) is 46.4 Å². The normalized spacial score (nSPS) is 19.8. The van der Waals surface area contributed by atoms with Gasteiger partial charge in [0.15, 0.2) is 0 Å². The van der Waals surface area contributed by atoms with Crippen molar-refractivity contribution >= 4 is 5.69 Å². The summed E-state index contributed by atoms with van der Waals surface area (Å²) in [5.74, 6) is 0.871. The summed E-state index contributed by atoms with van der Waals surface area (Å²) >= 11 is 0. The van der Waals surface area contributed by atoms with E-state index in [4.69, 9.17) is 15.0 Å². The highest BCUT2D eigenvalue weighted by molar-refractivity contribution is 5.63. The first kappa shape index (κ1) is 13.8. The number of nitrogens with two attached hydrogens (primary N) is 1. The number of anilines is 1. The maximum atomic E-state index is 9.64. The fourth-order valence-electron chi connectivity index (χ4n) is 2.31. The van der Waals surface area contributed by atoms with Crippen LogP contribution in [-0.2, 0) is 4.74 Å². The number of aromatic nitrogens is 2. The van der Waals surface area contributed by atoms with Crippen LogP contribution in [0.15, 0.2) is 22.7 Å². The SMILES string of the molecule is CCN1CCOC(c2noc(-c3ccc(N)c(O)c3)n2)C1. The molecule has 0 radical (unpaired) electrons. The molecule has 1 aromatic heterocycles. The summed E-state index contributed by atoms with van der Waals surface area (Å²) in [4.78, 5) is 6.64. The molecule has 1 fully saturated rings. The maximum Gasteiger partial charge on any atom is 0.258 e. The molecule has 21 heavy (non-hydrogen) atoms. The molecular weight excluding hydrogens is 272 g/mol. The number of rotatable bonds is 3. The van der Waals surface area contributed by atoms with E-state index in [1.54, 1.807) is 12.1 Å². The van der Waals surface area contributed by atoms with Gasteiger partial charge in [0.05, 0.1) is 12.3 Å². The Morgan fingerprint density at radius 3 is 3.10 bits per heavy atom. The lowest BCUT2D eigenvalue weighted by Crippen LogP contribution is -2.38. The Balaban J connectivity index is 1.81. The number of nitrogen functional groups attached to an aromatic ring is 1. The second kappa shape index (κ2) is 5.71. The Bertz CT molecular complexity index is 628. The van der Waals surface area contributed by atoms with Gasteiger partial charge in [-0.2, -0.15) is 4.98 Å². The lowest BCUT2D eigenvalue weighted by atomic mass is 10.2. The number of hydrogen-bond acceptors (Lipinski definition) is 7. The van der Waals surface area contributed by atoms with Crippen molar-refractivity contribution in [2.75, 3.05) is 32.0 Å². The number of hydrogen-bond donors (Lipinski definition) is 2. The second-order valence-electron chi connectivity index (χ2n) is 4.98. The van der Waals surface area contributed by atoms with Gasteiger partial charge in [0.25, 0.3) is 5.89 Å². The lowest BCUT2D eigenvalue weighted by Gasteiger charge is -2.30. The molecule has 112 valence electrons. The fraction of sp³-hybridized carbons (Fsp3) is 0.429.